The zero-order valence-corrected chi connectivity index (χ0v) is 14.8. The first-order valence-corrected chi connectivity index (χ1v) is 7.44. The predicted molar refractivity (Wildman–Crippen MR) is 84.7 cm³/mol. The lowest BCUT2D eigenvalue weighted by Gasteiger charge is -2.18. The van der Waals surface area contributed by atoms with Gasteiger partial charge in [-0.15, -0.1) is 0 Å². The monoisotopic (exact) mass is 376 g/mol. The maximum absolute atomic E-state index is 12.0. The number of ether oxygens (including phenoxy) is 5. The highest BCUT2D eigenvalue weighted by Crippen LogP contribution is 2.38. The van der Waals surface area contributed by atoms with E-state index >= 15 is 0 Å². The van der Waals surface area contributed by atoms with Gasteiger partial charge in [0, 0.05) is 27.4 Å². The van der Waals surface area contributed by atoms with E-state index in [1.807, 2.05) is 0 Å². The molecule has 0 aliphatic rings. The van der Waals surface area contributed by atoms with Crippen molar-refractivity contribution >= 4 is 21.7 Å². The molecule has 0 heterocycles. The highest BCUT2D eigenvalue weighted by molar-refractivity contribution is 9.10. The Kier molecular flexibility index (Phi) is 8.40. The zero-order valence-electron chi connectivity index (χ0n) is 13.2. The number of ketones is 1. The molecule has 7 heteroatoms. The summed E-state index contributed by atoms with van der Waals surface area (Å²) in [7, 11) is 4.65. The third kappa shape index (κ3) is 4.95. The van der Waals surface area contributed by atoms with E-state index in [0.717, 1.165) is 5.56 Å². The number of carbonyl (C=O) groups excluding carboxylic acids is 1. The van der Waals surface area contributed by atoms with Crippen LogP contribution in [0.15, 0.2) is 10.5 Å². The van der Waals surface area contributed by atoms with Gasteiger partial charge in [0.15, 0.2) is 19.4 Å². The molecular formula is C15H21BrO6. The average Bonchev–Trinajstić information content (AvgIpc) is 2.50. The second-order valence-corrected chi connectivity index (χ2v) is 5.23. The Labute approximate surface area is 138 Å². The zero-order chi connectivity index (χ0) is 16.5. The summed E-state index contributed by atoms with van der Waals surface area (Å²) < 4.78 is 26.7. The molecule has 0 aliphatic heterocycles. The van der Waals surface area contributed by atoms with Gasteiger partial charge in [0.1, 0.15) is 11.5 Å². The highest BCUT2D eigenvalue weighted by Gasteiger charge is 2.21. The number of Topliss-reactive ketones (excluding diaryl/α,β-unsaturated/α-hetero) is 1. The summed E-state index contributed by atoms with van der Waals surface area (Å²) in [4.78, 5) is 12.0. The van der Waals surface area contributed by atoms with Gasteiger partial charge in [-0.25, -0.2) is 0 Å². The molecule has 0 saturated heterocycles. The summed E-state index contributed by atoms with van der Waals surface area (Å²) in [5.41, 5.74) is 1.26. The van der Waals surface area contributed by atoms with E-state index in [4.69, 9.17) is 23.7 Å². The van der Waals surface area contributed by atoms with Crippen molar-refractivity contribution in [2.24, 2.45) is 0 Å². The van der Waals surface area contributed by atoms with Crippen LogP contribution in [0.4, 0.5) is 0 Å². The number of methoxy groups -OCH3 is 3. The summed E-state index contributed by atoms with van der Waals surface area (Å²) in [5, 5.41) is 0. The lowest BCUT2D eigenvalue weighted by atomic mass is 10.00. The number of hydrogen-bond donors (Lipinski definition) is 0. The summed E-state index contributed by atoms with van der Waals surface area (Å²) >= 11 is 3.49. The second-order valence-electron chi connectivity index (χ2n) is 4.44. The van der Waals surface area contributed by atoms with Gasteiger partial charge in [0.25, 0.3) is 0 Å². The van der Waals surface area contributed by atoms with E-state index in [1.165, 1.54) is 21.1 Å². The van der Waals surface area contributed by atoms with E-state index in [1.54, 1.807) is 13.2 Å². The quantitative estimate of drug-likeness (QED) is 0.462. The Balaban J connectivity index is 3.34. The smallest absolute Gasteiger partial charge is 0.188 e. The van der Waals surface area contributed by atoms with Gasteiger partial charge in [-0.2, -0.15) is 0 Å². The standard InChI is InChI=1S/C15H21BrO6/c1-10(17)14-11(5-6-18-2)15(16)13(22-9-20-4)7-12(14)21-8-19-3/h7H,5-6,8-9H2,1-4H3. The van der Waals surface area contributed by atoms with Gasteiger partial charge >= 0.3 is 0 Å². The first kappa shape index (κ1) is 18.9. The largest absolute Gasteiger partial charge is 0.467 e. The Morgan fingerprint density at radius 2 is 1.64 bits per heavy atom. The van der Waals surface area contributed by atoms with Crippen LogP contribution >= 0.6 is 15.9 Å². The lowest BCUT2D eigenvalue weighted by molar-refractivity contribution is 0.0450. The van der Waals surface area contributed by atoms with Gasteiger partial charge in [-0.1, -0.05) is 0 Å². The Hall–Kier alpha value is -1.15. The highest BCUT2D eigenvalue weighted by atomic mass is 79.9. The molecule has 1 aromatic rings. The number of hydrogen-bond acceptors (Lipinski definition) is 6. The minimum absolute atomic E-state index is 0.0371. The number of benzene rings is 1. The molecule has 1 rings (SSSR count). The summed E-state index contributed by atoms with van der Waals surface area (Å²) in [6.45, 7) is 2.09. The first-order chi connectivity index (χ1) is 10.6. The van der Waals surface area contributed by atoms with Crippen molar-refractivity contribution in [3.05, 3.63) is 21.7 Å². The van der Waals surface area contributed by atoms with E-state index in [2.05, 4.69) is 15.9 Å². The van der Waals surface area contributed by atoms with Crippen LogP contribution in [-0.4, -0.2) is 47.3 Å². The van der Waals surface area contributed by atoms with Crippen LogP contribution in [0.1, 0.15) is 22.8 Å². The number of halogens is 1. The molecule has 22 heavy (non-hydrogen) atoms. The normalized spacial score (nSPS) is 10.6. The summed E-state index contributed by atoms with van der Waals surface area (Å²) in [5.74, 6) is 0.843. The fourth-order valence-electron chi connectivity index (χ4n) is 1.95. The third-order valence-electron chi connectivity index (χ3n) is 2.86. The molecule has 0 aromatic heterocycles. The minimum atomic E-state index is -0.101. The van der Waals surface area contributed by atoms with Crippen molar-refractivity contribution in [3.8, 4) is 11.5 Å². The van der Waals surface area contributed by atoms with Gasteiger partial charge in [-0.3, -0.25) is 4.79 Å². The van der Waals surface area contributed by atoms with Crippen molar-refractivity contribution < 1.29 is 28.5 Å². The fourth-order valence-corrected chi connectivity index (χ4v) is 2.58. The molecular weight excluding hydrogens is 356 g/mol. The van der Waals surface area contributed by atoms with Crippen LogP contribution in [0.2, 0.25) is 0 Å². The van der Waals surface area contributed by atoms with Gasteiger partial charge in [0.05, 0.1) is 16.6 Å². The summed E-state index contributed by atoms with van der Waals surface area (Å²) in [6, 6.07) is 1.65. The molecule has 0 atom stereocenters. The Bertz CT molecular complexity index is 503. The van der Waals surface area contributed by atoms with Gasteiger partial charge < -0.3 is 23.7 Å². The van der Waals surface area contributed by atoms with Crippen LogP contribution in [0, 0.1) is 0 Å². The molecule has 0 saturated carbocycles. The molecule has 0 spiro atoms. The van der Waals surface area contributed by atoms with Crippen LogP contribution in [0.25, 0.3) is 0 Å². The molecule has 0 radical (unpaired) electrons. The van der Waals surface area contributed by atoms with Crippen molar-refractivity contribution in [1.82, 2.24) is 0 Å². The second kappa shape index (κ2) is 9.78. The van der Waals surface area contributed by atoms with Crippen molar-refractivity contribution in [2.75, 3.05) is 41.5 Å². The lowest BCUT2D eigenvalue weighted by Crippen LogP contribution is -2.11. The molecule has 124 valence electrons. The average molecular weight is 377 g/mol. The van der Waals surface area contributed by atoms with Crippen LogP contribution in [-0.2, 0) is 20.6 Å². The van der Waals surface area contributed by atoms with Crippen LogP contribution in [0.5, 0.6) is 11.5 Å². The molecule has 6 nitrogen and oxygen atoms in total. The molecule has 0 aliphatic carbocycles. The number of carbonyl (C=O) groups is 1. The fraction of sp³-hybridized carbons (Fsp3) is 0.533. The minimum Gasteiger partial charge on any atom is -0.467 e. The maximum Gasteiger partial charge on any atom is 0.188 e. The van der Waals surface area contributed by atoms with E-state index in [0.29, 0.717) is 34.6 Å². The van der Waals surface area contributed by atoms with Gasteiger partial charge in [0.2, 0.25) is 0 Å². The third-order valence-corrected chi connectivity index (χ3v) is 3.73. The number of rotatable bonds is 10. The van der Waals surface area contributed by atoms with E-state index < -0.39 is 0 Å². The van der Waals surface area contributed by atoms with Crippen LogP contribution in [0.3, 0.4) is 0 Å². The van der Waals surface area contributed by atoms with Crippen molar-refractivity contribution in [1.29, 1.82) is 0 Å². The summed E-state index contributed by atoms with van der Waals surface area (Å²) in [6.07, 6.45) is 0.541. The predicted octanol–water partition coefficient (Wildman–Crippen LogP) is 2.81. The molecule has 0 amide bonds. The Morgan fingerprint density at radius 1 is 1.05 bits per heavy atom. The topological polar surface area (TPSA) is 63.2 Å². The van der Waals surface area contributed by atoms with Gasteiger partial charge in [-0.05, 0) is 34.8 Å². The van der Waals surface area contributed by atoms with Crippen molar-refractivity contribution in [3.63, 3.8) is 0 Å². The maximum atomic E-state index is 12.0. The SMILES string of the molecule is COCCc1c(Br)c(OCOC)cc(OCOC)c1C(C)=O. The molecule has 0 unspecified atom stereocenters. The van der Waals surface area contributed by atoms with Crippen molar-refractivity contribution in [2.45, 2.75) is 13.3 Å². The molecule has 1 aromatic carbocycles. The van der Waals surface area contributed by atoms with Crippen LogP contribution < -0.4 is 9.47 Å². The molecule has 0 bridgehead atoms. The van der Waals surface area contributed by atoms with E-state index in [-0.39, 0.29) is 19.4 Å². The molecule has 0 N–H and O–H groups in total. The van der Waals surface area contributed by atoms with E-state index in [9.17, 15) is 4.79 Å². The first-order valence-electron chi connectivity index (χ1n) is 6.65. The molecule has 0 fully saturated rings. The Morgan fingerprint density at radius 3 is 2.14 bits per heavy atom.